The molecule has 2 nitrogen and oxygen atoms in total. The smallest absolute Gasteiger partial charge is 0.228 e. The highest BCUT2D eigenvalue weighted by atomic mass is 16.2. The van der Waals surface area contributed by atoms with Gasteiger partial charge in [0.25, 0.3) is 0 Å². The van der Waals surface area contributed by atoms with E-state index in [1.54, 1.807) is 0 Å². The van der Waals surface area contributed by atoms with Crippen molar-refractivity contribution in [1.82, 2.24) is 5.32 Å². The lowest BCUT2D eigenvalue weighted by atomic mass is 9.70. The van der Waals surface area contributed by atoms with Gasteiger partial charge in [0.05, 0.1) is 0 Å². The van der Waals surface area contributed by atoms with Crippen molar-refractivity contribution < 1.29 is 4.79 Å². The first-order chi connectivity index (χ1) is 5.84. The Balaban J connectivity index is 3.02. The van der Waals surface area contributed by atoms with Crippen LogP contribution in [0.2, 0.25) is 0 Å². The number of hydrogen-bond donors (Lipinski definition) is 1. The van der Waals surface area contributed by atoms with Gasteiger partial charge in [0.1, 0.15) is 0 Å². The van der Waals surface area contributed by atoms with Crippen LogP contribution < -0.4 is 5.32 Å². The van der Waals surface area contributed by atoms with E-state index in [4.69, 9.17) is 0 Å². The fraction of sp³-hybridized carbons (Fsp3) is 0.727. The van der Waals surface area contributed by atoms with E-state index in [0.29, 0.717) is 5.92 Å². The van der Waals surface area contributed by atoms with Crippen LogP contribution in [0.4, 0.5) is 0 Å². The summed E-state index contributed by atoms with van der Waals surface area (Å²) >= 11 is 0. The third-order valence-corrected chi connectivity index (χ3v) is 2.66. The Morgan fingerprint density at radius 2 is 2.00 bits per heavy atom. The fourth-order valence-electron chi connectivity index (χ4n) is 2.46. The number of carbonyl (C=O) groups is 1. The highest BCUT2D eigenvalue weighted by molar-refractivity contribution is 5.83. The van der Waals surface area contributed by atoms with Crippen molar-refractivity contribution in [2.24, 2.45) is 17.3 Å². The minimum absolute atomic E-state index is 0.0133. The van der Waals surface area contributed by atoms with Crippen LogP contribution in [0, 0.1) is 17.3 Å². The minimum Gasteiger partial charge on any atom is -0.330 e. The molecular formula is C11H19NO. The van der Waals surface area contributed by atoms with Crippen LogP contribution in [0.5, 0.6) is 0 Å². The van der Waals surface area contributed by atoms with Crippen molar-refractivity contribution in [3.63, 3.8) is 0 Å². The van der Waals surface area contributed by atoms with E-state index < -0.39 is 0 Å². The zero-order chi connectivity index (χ0) is 10.2. The summed E-state index contributed by atoms with van der Waals surface area (Å²) in [6, 6.07) is 0. The van der Waals surface area contributed by atoms with Crippen molar-refractivity contribution in [2.75, 3.05) is 0 Å². The molecule has 1 amide bonds. The Labute approximate surface area is 80.4 Å². The molecule has 0 aromatic carbocycles. The van der Waals surface area contributed by atoms with E-state index >= 15 is 0 Å². The average molecular weight is 181 g/mol. The highest BCUT2D eigenvalue weighted by Gasteiger charge is 2.38. The van der Waals surface area contributed by atoms with Gasteiger partial charge < -0.3 is 5.32 Å². The van der Waals surface area contributed by atoms with Gasteiger partial charge in [0.15, 0.2) is 0 Å². The van der Waals surface area contributed by atoms with Crippen LogP contribution in [0.1, 0.15) is 34.6 Å². The SMILES string of the molecule is CC1=CC(C)(C)C(C(C)C)C(=O)N1. The first kappa shape index (κ1) is 10.3. The summed E-state index contributed by atoms with van der Waals surface area (Å²) in [6.07, 6.45) is 2.15. The molecule has 1 heterocycles. The third kappa shape index (κ3) is 1.93. The Hall–Kier alpha value is -0.790. The largest absolute Gasteiger partial charge is 0.330 e. The van der Waals surface area contributed by atoms with Crippen molar-refractivity contribution >= 4 is 5.91 Å². The number of nitrogens with one attached hydrogen (secondary N) is 1. The molecule has 1 aliphatic rings. The van der Waals surface area contributed by atoms with Crippen molar-refractivity contribution in [1.29, 1.82) is 0 Å². The Bertz CT molecular complexity index is 251. The summed E-state index contributed by atoms with van der Waals surface area (Å²) in [7, 11) is 0. The van der Waals surface area contributed by atoms with Crippen molar-refractivity contribution in [2.45, 2.75) is 34.6 Å². The Morgan fingerprint density at radius 1 is 1.46 bits per heavy atom. The second-order valence-corrected chi connectivity index (χ2v) is 4.86. The van der Waals surface area contributed by atoms with E-state index in [0.717, 1.165) is 5.70 Å². The monoisotopic (exact) mass is 181 g/mol. The second-order valence-electron chi connectivity index (χ2n) is 4.86. The van der Waals surface area contributed by atoms with Crippen LogP contribution in [-0.2, 0) is 4.79 Å². The van der Waals surface area contributed by atoms with Gasteiger partial charge >= 0.3 is 0 Å². The molecule has 1 aliphatic heterocycles. The number of rotatable bonds is 1. The van der Waals surface area contributed by atoms with E-state index in [9.17, 15) is 4.79 Å². The van der Waals surface area contributed by atoms with Crippen LogP contribution >= 0.6 is 0 Å². The minimum atomic E-state index is -0.0133. The summed E-state index contributed by atoms with van der Waals surface area (Å²) in [5.74, 6) is 0.649. The number of hydrogen-bond acceptors (Lipinski definition) is 1. The van der Waals surface area contributed by atoms with Crippen molar-refractivity contribution in [3.8, 4) is 0 Å². The van der Waals surface area contributed by atoms with E-state index in [2.05, 4.69) is 39.1 Å². The zero-order valence-electron chi connectivity index (χ0n) is 9.14. The molecule has 1 N–H and O–H groups in total. The second kappa shape index (κ2) is 3.17. The van der Waals surface area contributed by atoms with Gasteiger partial charge in [-0.15, -0.1) is 0 Å². The van der Waals surface area contributed by atoms with Crippen LogP contribution in [0.25, 0.3) is 0 Å². The third-order valence-electron chi connectivity index (χ3n) is 2.66. The number of carbonyl (C=O) groups excluding carboxylic acids is 1. The average Bonchev–Trinajstić information content (AvgIpc) is 1.78. The zero-order valence-corrected chi connectivity index (χ0v) is 9.14. The molecule has 74 valence electrons. The molecule has 0 aromatic heterocycles. The van der Waals surface area contributed by atoms with E-state index in [-0.39, 0.29) is 17.2 Å². The standard InChI is InChI=1S/C11H19NO/c1-7(2)9-10(13)12-8(3)6-11(9,4)5/h6-7,9H,1-5H3,(H,12,13). The summed E-state index contributed by atoms with van der Waals surface area (Å²) in [5.41, 5.74) is 0.965. The summed E-state index contributed by atoms with van der Waals surface area (Å²) in [6.45, 7) is 10.4. The van der Waals surface area contributed by atoms with Crippen LogP contribution in [-0.4, -0.2) is 5.91 Å². The summed E-state index contributed by atoms with van der Waals surface area (Å²) < 4.78 is 0. The molecule has 0 saturated heterocycles. The van der Waals surface area contributed by atoms with Gasteiger partial charge in [-0.2, -0.15) is 0 Å². The molecular weight excluding hydrogens is 162 g/mol. The van der Waals surface area contributed by atoms with Crippen molar-refractivity contribution in [3.05, 3.63) is 11.8 Å². The summed E-state index contributed by atoms with van der Waals surface area (Å²) in [4.78, 5) is 11.7. The van der Waals surface area contributed by atoms with Gasteiger partial charge in [0.2, 0.25) is 5.91 Å². The molecule has 0 aromatic rings. The van der Waals surface area contributed by atoms with E-state index in [1.165, 1.54) is 0 Å². The topological polar surface area (TPSA) is 29.1 Å². The van der Waals surface area contributed by atoms with Gasteiger partial charge in [0, 0.05) is 11.6 Å². The predicted molar refractivity (Wildman–Crippen MR) is 54.0 cm³/mol. The maximum atomic E-state index is 11.7. The molecule has 2 heteroatoms. The molecule has 0 spiro atoms. The van der Waals surface area contributed by atoms with Gasteiger partial charge in [-0.1, -0.05) is 33.8 Å². The normalized spacial score (nSPS) is 27.1. The summed E-state index contributed by atoms with van der Waals surface area (Å²) in [5, 5.41) is 2.89. The first-order valence-electron chi connectivity index (χ1n) is 4.85. The quantitative estimate of drug-likeness (QED) is 0.661. The molecule has 1 rings (SSSR count). The molecule has 0 fully saturated rings. The highest BCUT2D eigenvalue weighted by Crippen LogP contribution is 2.37. The lowest BCUT2D eigenvalue weighted by Crippen LogP contribution is -2.44. The maximum absolute atomic E-state index is 11.7. The first-order valence-corrected chi connectivity index (χ1v) is 4.85. The molecule has 1 unspecified atom stereocenters. The van der Waals surface area contributed by atoms with Crippen LogP contribution in [0.3, 0.4) is 0 Å². The molecule has 0 radical (unpaired) electrons. The molecule has 13 heavy (non-hydrogen) atoms. The van der Waals surface area contributed by atoms with Gasteiger partial charge in [-0.3, -0.25) is 4.79 Å². The molecule has 0 aliphatic carbocycles. The van der Waals surface area contributed by atoms with Gasteiger partial charge in [-0.05, 0) is 18.3 Å². The maximum Gasteiger partial charge on any atom is 0.228 e. The Morgan fingerprint density at radius 3 is 2.38 bits per heavy atom. The van der Waals surface area contributed by atoms with Crippen LogP contribution in [0.15, 0.2) is 11.8 Å². The number of allylic oxidation sites excluding steroid dienone is 2. The number of amides is 1. The van der Waals surface area contributed by atoms with Gasteiger partial charge in [-0.25, -0.2) is 0 Å². The lowest BCUT2D eigenvalue weighted by molar-refractivity contribution is -0.129. The molecule has 0 saturated carbocycles. The Kier molecular flexibility index (Phi) is 2.51. The van der Waals surface area contributed by atoms with E-state index in [1.807, 2.05) is 6.92 Å². The fourth-order valence-corrected chi connectivity index (χ4v) is 2.46. The predicted octanol–water partition coefficient (Wildman–Crippen LogP) is 2.32. The molecule has 1 atom stereocenters. The lowest BCUT2D eigenvalue weighted by Gasteiger charge is -2.37. The molecule has 0 bridgehead atoms.